The topological polar surface area (TPSA) is 55.8 Å². The summed E-state index contributed by atoms with van der Waals surface area (Å²) in [6.07, 6.45) is 0. The predicted octanol–water partition coefficient (Wildman–Crippen LogP) is -0.208. The number of rotatable bonds is 1. The van der Waals surface area contributed by atoms with Gasteiger partial charge < -0.3 is 14.4 Å². The lowest BCUT2D eigenvalue weighted by atomic mass is 9.78. The molecule has 15 heavy (non-hydrogen) atoms. The van der Waals surface area contributed by atoms with Crippen molar-refractivity contribution in [3.8, 4) is 0 Å². The number of esters is 1. The van der Waals surface area contributed by atoms with Gasteiger partial charge in [0.05, 0.1) is 7.11 Å². The molecule has 1 aromatic carbocycles. The minimum absolute atomic E-state index is 0.508. The van der Waals surface area contributed by atoms with Crippen LogP contribution in [0.5, 0.6) is 0 Å². The van der Waals surface area contributed by atoms with Crippen molar-refractivity contribution in [3.63, 3.8) is 0 Å². The smallest absolute Gasteiger partial charge is 0.467 e. The minimum atomic E-state index is -1.20. The molecule has 1 atom stereocenters. The molecule has 78 valence electrons. The first-order chi connectivity index (χ1) is 7.09. The summed E-state index contributed by atoms with van der Waals surface area (Å²) < 4.78 is 9.92. The van der Waals surface area contributed by atoms with Gasteiger partial charge in [-0.25, -0.2) is 4.79 Å². The van der Waals surface area contributed by atoms with Crippen LogP contribution in [-0.2, 0) is 19.8 Å². The van der Waals surface area contributed by atoms with Crippen LogP contribution in [0.25, 0.3) is 0 Å². The normalized spacial score (nSPS) is 23.8. The van der Waals surface area contributed by atoms with E-state index in [1.165, 1.54) is 7.11 Å². The van der Waals surface area contributed by atoms with Crippen LogP contribution >= 0.6 is 0 Å². The van der Waals surface area contributed by atoms with E-state index >= 15 is 0 Å². The van der Waals surface area contributed by atoms with E-state index in [2.05, 4.69) is 4.74 Å². The van der Waals surface area contributed by atoms with Gasteiger partial charge in [-0.3, -0.25) is 0 Å². The largest absolute Gasteiger partial charge is 0.492 e. The molecule has 1 aliphatic rings. The van der Waals surface area contributed by atoms with Gasteiger partial charge >= 0.3 is 13.1 Å². The van der Waals surface area contributed by atoms with Gasteiger partial charge in [0, 0.05) is 0 Å². The summed E-state index contributed by atoms with van der Waals surface area (Å²) in [5.41, 5.74) is 0.0693. The Morgan fingerprint density at radius 1 is 1.53 bits per heavy atom. The highest BCUT2D eigenvalue weighted by Gasteiger charge is 2.49. The number of carbonyl (C=O) groups excluding carboxylic acids is 1. The second-order valence-electron chi connectivity index (χ2n) is 3.58. The Bertz CT molecular complexity index is 406. The Kier molecular flexibility index (Phi) is 2.29. The molecule has 1 aromatic rings. The van der Waals surface area contributed by atoms with Gasteiger partial charge in [-0.1, -0.05) is 24.3 Å². The van der Waals surface area contributed by atoms with Gasteiger partial charge in [0.1, 0.15) is 0 Å². The molecule has 0 spiro atoms. The van der Waals surface area contributed by atoms with E-state index in [4.69, 9.17) is 4.65 Å². The molecule has 0 saturated carbocycles. The second kappa shape index (κ2) is 3.36. The van der Waals surface area contributed by atoms with Crippen LogP contribution in [-0.4, -0.2) is 25.2 Å². The fraction of sp³-hybridized carbons (Fsp3) is 0.300. The summed E-state index contributed by atoms with van der Waals surface area (Å²) in [7, 11) is 0.231. The van der Waals surface area contributed by atoms with E-state index in [1.54, 1.807) is 31.2 Å². The maximum atomic E-state index is 11.6. The number of hydrogen-bond acceptors (Lipinski definition) is 4. The van der Waals surface area contributed by atoms with Crippen LogP contribution in [0.15, 0.2) is 24.3 Å². The molecule has 1 aliphatic heterocycles. The third-order valence-electron chi connectivity index (χ3n) is 2.66. The van der Waals surface area contributed by atoms with Gasteiger partial charge in [-0.15, -0.1) is 0 Å². The summed E-state index contributed by atoms with van der Waals surface area (Å²) in [4.78, 5) is 11.6. The maximum absolute atomic E-state index is 11.6. The summed E-state index contributed by atoms with van der Waals surface area (Å²) in [5.74, 6) is -0.508. The molecule has 5 heteroatoms. The average Bonchev–Trinajstić information content (AvgIpc) is 2.52. The summed E-state index contributed by atoms with van der Waals surface area (Å²) in [6.45, 7) is 1.59. The third-order valence-corrected chi connectivity index (χ3v) is 2.66. The highest BCUT2D eigenvalue weighted by Crippen LogP contribution is 2.31. The van der Waals surface area contributed by atoms with Gasteiger partial charge in [-0.2, -0.15) is 0 Å². The fourth-order valence-corrected chi connectivity index (χ4v) is 1.85. The Balaban J connectivity index is 2.52. The standard InChI is InChI=1S/C10H11BO4/c1-10(9(12)14-2)7-5-3-4-6-8(7)11(13)15-10/h3-6,13H,1-2H3. The van der Waals surface area contributed by atoms with Gasteiger partial charge in [0.2, 0.25) is 0 Å². The molecule has 0 saturated heterocycles. The molecule has 0 amide bonds. The van der Waals surface area contributed by atoms with Crippen molar-refractivity contribution in [1.82, 2.24) is 0 Å². The van der Waals surface area contributed by atoms with Crippen LogP contribution in [0.3, 0.4) is 0 Å². The molecule has 2 rings (SSSR count). The molecular weight excluding hydrogens is 195 g/mol. The molecular formula is C10H11BO4. The molecule has 0 bridgehead atoms. The van der Waals surface area contributed by atoms with Crippen molar-refractivity contribution in [2.24, 2.45) is 0 Å². The van der Waals surface area contributed by atoms with Crippen molar-refractivity contribution in [1.29, 1.82) is 0 Å². The van der Waals surface area contributed by atoms with Crippen LogP contribution in [0.4, 0.5) is 0 Å². The predicted molar refractivity (Wildman–Crippen MR) is 54.5 cm³/mol. The SMILES string of the molecule is COC(=O)C1(C)OB(O)c2ccccc21. The van der Waals surface area contributed by atoms with E-state index in [0.717, 1.165) is 0 Å². The van der Waals surface area contributed by atoms with E-state index in [-0.39, 0.29) is 0 Å². The van der Waals surface area contributed by atoms with E-state index < -0.39 is 18.7 Å². The van der Waals surface area contributed by atoms with Crippen molar-refractivity contribution in [2.75, 3.05) is 7.11 Å². The lowest BCUT2D eigenvalue weighted by Gasteiger charge is -2.22. The van der Waals surface area contributed by atoms with Crippen LogP contribution in [0, 0.1) is 0 Å². The number of fused-ring (bicyclic) bond motifs is 1. The summed E-state index contributed by atoms with van der Waals surface area (Å²) in [6, 6.07) is 7.06. The molecule has 4 nitrogen and oxygen atoms in total. The summed E-state index contributed by atoms with van der Waals surface area (Å²) in [5, 5.41) is 9.63. The number of benzene rings is 1. The molecule has 1 N–H and O–H groups in total. The fourth-order valence-electron chi connectivity index (χ4n) is 1.85. The molecule has 0 aromatic heterocycles. The zero-order valence-electron chi connectivity index (χ0n) is 8.56. The highest BCUT2D eigenvalue weighted by atomic mass is 16.6. The van der Waals surface area contributed by atoms with Crippen LogP contribution < -0.4 is 5.46 Å². The zero-order chi connectivity index (χ0) is 11.1. The monoisotopic (exact) mass is 206 g/mol. The number of hydrogen-bond donors (Lipinski definition) is 1. The third kappa shape index (κ3) is 1.35. The number of carbonyl (C=O) groups is 1. The number of methoxy groups -OCH3 is 1. The van der Waals surface area contributed by atoms with E-state index in [1.807, 2.05) is 0 Å². The first-order valence-electron chi connectivity index (χ1n) is 4.63. The Morgan fingerprint density at radius 2 is 2.20 bits per heavy atom. The van der Waals surface area contributed by atoms with E-state index in [9.17, 15) is 9.82 Å². The Hall–Kier alpha value is -1.33. The van der Waals surface area contributed by atoms with Crippen molar-refractivity contribution < 1.29 is 19.2 Å². The van der Waals surface area contributed by atoms with Crippen molar-refractivity contribution in [2.45, 2.75) is 12.5 Å². The molecule has 1 heterocycles. The van der Waals surface area contributed by atoms with Crippen molar-refractivity contribution in [3.05, 3.63) is 29.8 Å². The lowest BCUT2D eigenvalue weighted by Crippen LogP contribution is -2.35. The Morgan fingerprint density at radius 3 is 2.87 bits per heavy atom. The van der Waals surface area contributed by atoms with E-state index in [0.29, 0.717) is 11.0 Å². The highest BCUT2D eigenvalue weighted by molar-refractivity contribution is 6.62. The van der Waals surface area contributed by atoms with Crippen molar-refractivity contribution >= 4 is 18.6 Å². The van der Waals surface area contributed by atoms with Crippen LogP contribution in [0.2, 0.25) is 0 Å². The van der Waals surface area contributed by atoms with Gasteiger partial charge in [-0.05, 0) is 17.9 Å². The van der Waals surface area contributed by atoms with Crippen LogP contribution in [0.1, 0.15) is 12.5 Å². The lowest BCUT2D eigenvalue weighted by molar-refractivity contribution is -0.158. The maximum Gasteiger partial charge on any atom is 0.492 e. The zero-order valence-corrected chi connectivity index (χ0v) is 8.56. The summed E-state index contributed by atoms with van der Waals surface area (Å²) >= 11 is 0. The minimum Gasteiger partial charge on any atom is -0.467 e. The molecule has 0 aliphatic carbocycles. The quantitative estimate of drug-likeness (QED) is 0.510. The first-order valence-corrected chi connectivity index (χ1v) is 4.63. The first kappa shape index (κ1) is 10.2. The molecule has 0 fully saturated rings. The molecule has 1 unspecified atom stereocenters. The second-order valence-corrected chi connectivity index (χ2v) is 3.58. The average molecular weight is 206 g/mol. The molecule has 0 radical (unpaired) electrons. The van der Waals surface area contributed by atoms with Gasteiger partial charge in [0.25, 0.3) is 0 Å². The Labute approximate surface area is 88.0 Å². The van der Waals surface area contributed by atoms with Gasteiger partial charge in [0.15, 0.2) is 5.60 Å². The number of ether oxygens (including phenoxy) is 1.